The van der Waals surface area contributed by atoms with Gasteiger partial charge >= 0.3 is 12.1 Å². The molecule has 7 nitrogen and oxygen atoms in total. The molecule has 5 rings (SSSR count). The zero-order chi connectivity index (χ0) is 24.6. The predicted octanol–water partition coefficient (Wildman–Crippen LogP) is 4.92. The van der Waals surface area contributed by atoms with Crippen molar-refractivity contribution >= 4 is 23.7 Å². The zero-order valence-electron chi connectivity index (χ0n) is 18.7. The highest BCUT2D eigenvalue weighted by molar-refractivity contribution is 6.01. The van der Waals surface area contributed by atoms with E-state index in [0.29, 0.717) is 19.3 Å². The van der Waals surface area contributed by atoms with E-state index in [0.717, 1.165) is 28.3 Å². The van der Waals surface area contributed by atoms with Crippen LogP contribution >= 0.6 is 0 Å². The number of ether oxygens (including phenoxy) is 1. The van der Waals surface area contributed by atoms with Crippen LogP contribution in [0.3, 0.4) is 0 Å². The second-order valence-electron chi connectivity index (χ2n) is 8.81. The van der Waals surface area contributed by atoms with E-state index in [1.54, 1.807) is 0 Å². The first-order valence-electron chi connectivity index (χ1n) is 11.4. The third-order valence-corrected chi connectivity index (χ3v) is 6.80. The Bertz CT molecular complexity index is 1290. The quantitative estimate of drug-likeness (QED) is 0.470. The number of carbonyl (C=O) groups excluding carboxylic acids is 2. The van der Waals surface area contributed by atoms with Gasteiger partial charge in [0.05, 0.1) is 11.3 Å². The first kappa shape index (κ1) is 22.6. The Morgan fingerprint density at radius 3 is 2.14 bits per heavy atom. The molecule has 0 radical (unpaired) electrons. The molecule has 3 N–H and O–H groups in total. The van der Waals surface area contributed by atoms with Gasteiger partial charge in [-0.15, -0.1) is 0 Å². The SMILES string of the molecule is O=C(NC1(C(=O)Nc2cccc(C(=O)O)c2F)CCC1)OCC1c2ccccc2-c2ccccc21. The maximum Gasteiger partial charge on any atom is 0.408 e. The Morgan fingerprint density at radius 1 is 0.943 bits per heavy atom. The largest absolute Gasteiger partial charge is 0.478 e. The number of nitrogens with one attached hydrogen (secondary N) is 2. The van der Waals surface area contributed by atoms with Crippen LogP contribution in [0.2, 0.25) is 0 Å². The van der Waals surface area contributed by atoms with E-state index >= 15 is 0 Å². The molecule has 0 bridgehead atoms. The summed E-state index contributed by atoms with van der Waals surface area (Å²) in [5.41, 5.74) is 2.33. The molecule has 2 amide bonds. The Hall–Kier alpha value is -4.20. The number of anilines is 1. The fourth-order valence-corrected chi connectivity index (χ4v) is 4.80. The molecular weight excluding hydrogens is 451 g/mol. The van der Waals surface area contributed by atoms with E-state index in [1.165, 1.54) is 12.1 Å². The van der Waals surface area contributed by atoms with Crippen LogP contribution in [0.1, 0.15) is 46.7 Å². The maximum atomic E-state index is 14.5. The number of rotatable bonds is 6. The fourth-order valence-electron chi connectivity index (χ4n) is 4.80. The van der Waals surface area contributed by atoms with Gasteiger partial charge in [-0.3, -0.25) is 4.79 Å². The number of hydrogen-bond donors (Lipinski definition) is 3. The molecule has 0 aliphatic heterocycles. The Kier molecular flexibility index (Phi) is 5.72. The van der Waals surface area contributed by atoms with Crippen LogP contribution in [0, 0.1) is 5.82 Å². The summed E-state index contributed by atoms with van der Waals surface area (Å²) in [4.78, 5) is 36.9. The van der Waals surface area contributed by atoms with Crippen molar-refractivity contribution in [3.05, 3.63) is 89.2 Å². The summed E-state index contributed by atoms with van der Waals surface area (Å²) in [5.74, 6) is -3.21. The second kappa shape index (κ2) is 8.87. The minimum absolute atomic E-state index is 0.104. The lowest BCUT2D eigenvalue weighted by atomic mass is 9.76. The predicted molar refractivity (Wildman–Crippen MR) is 127 cm³/mol. The average Bonchev–Trinajstić information content (AvgIpc) is 3.15. The Morgan fingerprint density at radius 2 is 1.57 bits per heavy atom. The van der Waals surface area contributed by atoms with Crippen molar-refractivity contribution in [2.45, 2.75) is 30.7 Å². The van der Waals surface area contributed by atoms with Crippen LogP contribution in [0.15, 0.2) is 66.7 Å². The standard InChI is InChI=1S/C27H23FN2O5/c28-23-20(24(31)32)11-5-12-22(23)29-25(33)27(13-6-14-27)30-26(34)35-15-21-18-9-3-1-7-16(18)17-8-2-4-10-19(17)21/h1-5,7-12,21H,6,13-15H2,(H,29,33)(H,30,34)(H,31,32). The molecule has 0 spiro atoms. The van der Waals surface area contributed by atoms with Crippen molar-refractivity contribution in [3.63, 3.8) is 0 Å². The molecule has 0 atom stereocenters. The minimum Gasteiger partial charge on any atom is -0.478 e. The number of benzene rings is 3. The molecular formula is C27H23FN2O5. The molecule has 1 saturated carbocycles. The number of carboxylic acids is 1. The molecule has 1 fully saturated rings. The smallest absolute Gasteiger partial charge is 0.408 e. The van der Waals surface area contributed by atoms with Gasteiger partial charge in [0.1, 0.15) is 12.1 Å². The van der Waals surface area contributed by atoms with E-state index in [-0.39, 0.29) is 18.2 Å². The number of carbonyl (C=O) groups is 3. The van der Waals surface area contributed by atoms with Crippen molar-refractivity contribution in [1.82, 2.24) is 5.32 Å². The number of carboxylic acid groups (broad SMARTS) is 1. The van der Waals surface area contributed by atoms with Gasteiger partial charge in [0.25, 0.3) is 0 Å². The molecule has 8 heteroatoms. The highest BCUT2D eigenvalue weighted by atomic mass is 19.1. The van der Waals surface area contributed by atoms with Crippen molar-refractivity contribution < 1.29 is 28.6 Å². The lowest BCUT2D eigenvalue weighted by Crippen LogP contribution is -2.61. The molecule has 0 heterocycles. The van der Waals surface area contributed by atoms with E-state index in [2.05, 4.69) is 10.6 Å². The molecule has 2 aliphatic carbocycles. The first-order chi connectivity index (χ1) is 16.9. The van der Waals surface area contributed by atoms with Crippen LogP contribution in [-0.4, -0.2) is 35.2 Å². The van der Waals surface area contributed by atoms with Crippen LogP contribution in [0.4, 0.5) is 14.9 Å². The molecule has 35 heavy (non-hydrogen) atoms. The van der Waals surface area contributed by atoms with Crippen molar-refractivity contribution in [1.29, 1.82) is 0 Å². The summed E-state index contributed by atoms with van der Waals surface area (Å²) in [6.45, 7) is 0.104. The first-order valence-corrected chi connectivity index (χ1v) is 11.4. The summed E-state index contributed by atoms with van der Waals surface area (Å²) in [5, 5.41) is 14.2. The van der Waals surface area contributed by atoms with E-state index in [9.17, 15) is 18.8 Å². The Labute approximate surface area is 200 Å². The number of alkyl carbamates (subject to hydrolysis) is 1. The summed E-state index contributed by atoms with van der Waals surface area (Å²) < 4.78 is 20.0. The monoisotopic (exact) mass is 474 g/mol. The van der Waals surface area contributed by atoms with Crippen LogP contribution < -0.4 is 10.6 Å². The third kappa shape index (κ3) is 4.01. The minimum atomic E-state index is -1.44. The van der Waals surface area contributed by atoms with Crippen LogP contribution in [0.5, 0.6) is 0 Å². The lowest BCUT2D eigenvalue weighted by Gasteiger charge is -2.40. The number of fused-ring (bicyclic) bond motifs is 3. The van der Waals surface area contributed by atoms with Gasteiger partial charge in [-0.25, -0.2) is 14.0 Å². The maximum absolute atomic E-state index is 14.5. The molecule has 3 aromatic carbocycles. The fraction of sp³-hybridized carbons (Fsp3) is 0.222. The van der Waals surface area contributed by atoms with Crippen molar-refractivity contribution in [2.24, 2.45) is 0 Å². The van der Waals surface area contributed by atoms with E-state index < -0.39 is 34.9 Å². The molecule has 178 valence electrons. The molecule has 2 aliphatic rings. The van der Waals surface area contributed by atoms with Gasteiger partial charge in [0.2, 0.25) is 5.91 Å². The van der Waals surface area contributed by atoms with Gasteiger partial charge < -0.3 is 20.5 Å². The summed E-state index contributed by atoms with van der Waals surface area (Å²) in [6, 6.07) is 19.7. The average molecular weight is 474 g/mol. The third-order valence-electron chi connectivity index (χ3n) is 6.80. The van der Waals surface area contributed by atoms with Crippen molar-refractivity contribution in [2.75, 3.05) is 11.9 Å². The summed E-state index contributed by atoms with van der Waals surface area (Å²) in [7, 11) is 0. The highest BCUT2D eigenvalue weighted by Crippen LogP contribution is 2.44. The number of hydrogen-bond acceptors (Lipinski definition) is 4. The van der Waals surface area contributed by atoms with Gasteiger partial charge in [0, 0.05) is 5.92 Å². The topological polar surface area (TPSA) is 105 Å². The molecule has 0 aromatic heterocycles. The van der Waals surface area contributed by atoms with Gasteiger partial charge in [-0.1, -0.05) is 54.6 Å². The van der Waals surface area contributed by atoms with Gasteiger partial charge in [-0.2, -0.15) is 0 Å². The molecule has 0 unspecified atom stereocenters. The second-order valence-corrected chi connectivity index (χ2v) is 8.81. The highest BCUT2D eigenvalue weighted by Gasteiger charge is 2.46. The normalized spacial score (nSPS) is 15.3. The van der Waals surface area contributed by atoms with E-state index in [1.807, 2.05) is 48.5 Å². The van der Waals surface area contributed by atoms with Crippen LogP contribution in [-0.2, 0) is 9.53 Å². The van der Waals surface area contributed by atoms with Gasteiger partial charge in [0.15, 0.2) is 5.82 Å². The molecule has 3 aromatic rings. The summed E-state index contributed by atoms with van der Waals surface area (Å²) in [6.07, 6.45) is 0.697. The zero-order valence-corrected chi connectivity index (χ0v) is 18.7. The summed E-state index contributed by atoms with van der Waals surface area (Å²) >= 11 is 0. The molecule has 0 saturated heterocycles. The Balaban J connectivity index is 1.27. The lowest BCUT2D eigenvalue weighted by molar-refractivity contribution is -0.125. The van der Waals surface area contributed by atoms with Crippen LogP contribution in [0.25, 0.3) is 11.1 Å². The number of halogens is 1. The van der Waals surface area contributed by atoms with Crippen molar-refractivity contribution in [3.8, 4) is 11.1 Å². The number of aromatic carboxylic acids is 1. The number of amides is 2. The van der Waals surface area contributed by atoms with Gasteiger partial charge in [-0.05, 0) is 53.6 Å². The van der Waals surface area contributed by atoms with E-state index in [4.69, 9.17) is 9.84 Å².